The zero-order valence-electron chi connectivity index (χ0n) is 10.3. The van der Waals surface area contributed by atoms with Gasteiger partial charge in [0.25, 0.3) is 0 Å². The van der Waals surface area contributed by atoms with Crippen LogP contribution in [-0.4, -0.2) is 30.5 Å². The standard InChI is InChI=1S/C11H24N2OS/c1-5-11(6-2,8-12)10(14)13-7-9(3)15-4/h9H,5-8,12H2,1-4H3,(H,13,14). The van der Waals surface area contributed by atoms with E-state index in [9.17, 15) is 4.79 Å². The lowest BCUT2D eigenvalue weighted by atomic mass is 9.81. The third-order valence-electron chi connectivity index (χ3n) is 3.18. The summed E-state index contributed by atoms with van der Waals surface area (Å²) in [6, 6.07) is 0. The maximum absolute atomic E-state index is 12.0. The number of carbonyl (C=O) groups excluding carboxylic acids is 1. The molecule has 3 N–H and O–H groups in total. The minimum atomic E-state index is -0.363. The van der Waals surface area contributed by atoms with E-state index in [0.717, 1.165) is 19.4 Å². The molecule has 1 amide bonds. The largest absolute Gasteiger partial charge is 0.354 e. The van der Waals surface area contributed by atoms with E-state index < -0.39 is 0 Å². The molecule has 0 aliphatic carbocycles. The Morgan fingerprint density at radius 3 is 2.33 bits per heavy atom. The van der Waals surface area contributed by atoms with Gasteiger partial charge in [-0.05, 0) is 19.1 Å². The SMILES string of the molecule is CCC(CC)(CN)C(=O)NCC(C)SC. The van der Waals surface area contributed by atoms with Gasteiger partial charge in [0.2, 0.25) is 5.91 Å². The molecule has 4 heteroatoms. The molecule has 15 heavy (non-hydrogen) atoms. The van der Waals surface area contributed by atoms with Crippen molar-refractivity contribution in [2.24, 2.45) is 11.1 Å². The Morgan fingerprint density at radius 2 is 2.00 bits per heavy atom. The van der Waals surface area contributed by atoms with Crippen LogP contribution in [0.25, 0.3) is 0 Å². The molecule has 0 saturated carbocycles. The van der Waals surface area contributed by atoms with Crippen LogP contribution in [-0.2, 0) is 4.79 Å². The van der Waals surface area contributed by atoms with E-state index in [1.54, 1.807) is 11.8 Å². The van der Waals surface area contributed by atoms with Gasteiger partial charge in [0, 0.05) is 18.3 Å². The average molecular weight is 232 g/mol. The Kier molecular flexibility index (Phi) is 7.02. The monoisotopic (exact) mass is 232 g/mol. The van der Waals surface area contributed by atoms with E-state index in [4.69, 9.17) is 5.73 Å². The van der Waals surface area contributed by atoms with Crippen LogP contribution in [0.2, 0.25) is 0 Å². The van der Waals surface area contributed by atoms with Crippen molar-refractivity contribution in [1.82, 2.24) is 5.32 Å². The Labute approximate surface area is 97.6 Å². The number of carbonyl (C=O) groups is 1. The maximum Gasteiger partial charge on any atom is 0.227 e. The molecular weight excluding hydrogens is 208 g/mol. The summed E-state index contributed by atoms with van der Waals surface area (Å²) in [7, 11) is 0. The molecule has 0 bridgehead atoms. The van der Waals surface area contributed by atoms with Crippen LogP contribution in [0.4, 0.5) is 0 Å². The van der Waals surface area contributed by atoms with Crippen molar-refractivity contribution in [2.75, 3.05) is 19.3 Å². The molecule has 1 unspecified atom stereocenters. The van der Waals surface area contributed by atoms with Crippen molar-refractivity contribution in [3.8, 4) is 0 Å². The molecule has 90 valence electrons. The molecular formula is C11H24N2OS. The smallest absolute Gasteiger partial charge is 0.227 e. The lowest BCUT2D eigenvalue weighted by Gasteiger charge is -2.29. The zero-order chi connectivity index (χ0) is 11.9. The minimum absolute atomic E-state index is 0.107. The normalized spacial score (nSPS) is 13.7. The summed E-state index contributed by atoms with van der Waals surface area (Å²) in [5, 5.41) is 3.44. The van der Waals surface area contributed by atoms with Gasteiger partial charge in [0.05, 0.1) is 5.41 Å². The molecule has 0 fully saturated rings. The molecule has 0 spiro atoms. The number of amides is 1. The third kappa shape index (κ3) is 4.03. The van der Waals surface area contributed by atoms with Crippen molar-refractivity contribution >= 4 is 17.7 Å². The minimum Gasteiger partial charge on any atom is -0.354 e. The number of nitrogens with two attached hydrogens (primary N) is 1. The van der Waals surface area contributed by atoms with E-state index in [2.05, 4.69) is 12.2 Å². The van der Waals surface area contributed by atoms with Gasteiger partial charge < -0.3 is 11.1 Å². The molecule has 1 atom stereocenters. The van der Waals surface area contributed by atoms with Crippen LogP contribution < -0.4 is 11.1 Å². The Hall–Kier alpha value is -0.220. The van der Waals surface area contributed by atoms with Gasteiger partial charge in [0.1, 0.15) is 0 Å². The number of hydrogen-bond acceptors (Lipinski definition) is 3. The molecule has 0 radical (unpaired) electrons. The molecule has 0 heterocycles. The Bertz CT molecular complexity index is 185. The van der Waals surface area contributed by atoms with Gasteiger partial charge in [0.15, 0.2) is 0 Å². The summed E-state index contributed by atoms with van der Waals surface area (Å²) in [5.41, 5.74) is 5.34. The predicted molar refractivity (Wildman–Crippen MR) is 68.1 cm³/mol. The van der Waals surface area contributed by atoms with Gasteiger partial charge in [-0.25, -0.2) is 0 Å². The van der Waals surface area contributed by atoms with Gasteiger partial charge >= 0.3 is 0 Å². The lowest BCUT2D eigenvalue weighted by molar-refractivity contribution is -0.130. The van der Waals surface area contributed by atoms with E-state index in [1.165, 1.54) is 0 Å². The van der Waals surface area contributed by atoms with Crippen LogP contribution in [0.3, 0.4) is 0 Å². The second kappa shape index (κ2) is 7.12. The second-order valence-corrected chi connectivity index (χ2v) is 5.22. The summed E-state index contributed by atoms with van der Waals surface area (Å²) in [5.74, 6) is 0.107. The molecule has 0 saturated heterocycles. The van der Waals surface area contributed by atoms with E-state index >= 15 is 0 Å². The number of nitrogens with one attached hydrogen (secondary N) is 1. The van der Waals surface area contributed by atoms with Crippen molar-refractivity contribution in [3.63, 3.8) is 0 Å². The molecule has 0 aromatic rings. The van der Waals surface area contributed by atoms with E-state index in [-0.39, 0.29) is 11.3 Å². The zero-order valence-corrected chi connectivity index (χ0v) is 11.1. The summed E-state index contributed by atoms with van der Waals surface area (Å²) in [6.07, 6.45) is 3.66. The van der Waals surface area contributed by atoms with Crippen LogP contribution >= 0.6 is 11.8 Å². The number of rotatable bonds is 7. The van der Waals surface area contributed by atoms with Crippen LogP contribution in [0.15, 0.2) is 0 Å². The molecule has 0 aliphatic heterocycles. The van der Waals surface area contributed by atoms with Crippen molar-refractivity contribution in [3.05, 3.63) is 0 Å². The summed E-state index contributed by atoms with van der Waals surface area (Å²) < 4.78 is 0. The Morgan fingerprint density at radius 1 is 1.47 bits per heavy atom. The first-order valence-electron chi connectivity index (χ1n) is 5.57. The summed E-state index contributed by atoms with van der Waals surface area (Å²) >= 11 is 1.75. The van der Waals surface area contributed by atoms with Crippen LogP contribution in [0.1, 0.15) is 33.6 Å². The molecule has 0 aliphatic rings. The van der Waals surface area contributed by atoms with E-state index in [1.807, 2.05) is 20.1 Å². The summed E-state index contributed by atoms with van der Waals surface area (Å²) in [6.45, 7) is 7.30. The molecule has 3 nitrogen and oxygen atoms in total. The van der Waals surface area contributed by atoms with E-state index in [0.29, 0.717) is 11.8 Å². The van der Waals surface area contributed by atoms with Crippen LogP contribution in [0.5, 0.6) is 0 Å². The maximum atomic E-state index is 12.0. The van der Waals surface area contributed by atoms with Crippen LogP contribution in [0, 0.1) is 5.41 Å². The average Bonchev–Trinajstić information content (AvgIpc) is 2.28. The van der Waals surface area contributed by atoms with Gasteiger partial charge in [-0.15, -0.1) is 0 Å². The Balaban J connectivity index is 4.27. The number of hydrogen-bond donors (Lipinski definition) is 2. The topological polar surface area (TPSA) is 55.1 Å². The molecule has 0 aromatic carbocycles. The molecule has 0 rings (SSSR count). The predicted octanol–water partition coefficient (Wildman–Crippen LogP) is 1.62. The van der Waals surface area contributed by atoms with Crippen molar-refractivity contribution in [1.29, 1.82) is 0 Å². The first kappa shape index (κ1) is 14.8. The highest BCUT2D eigenvalue weighted by molar-refractivity contribution is 7.99. The van der Waals surface area contributed by atoms with Gasteiger partial charge in [-0.1, -0.05) is 20.8 Å². The fourth-order valence-electron chi connectivity index (χ4n) is 1.46. The third-order valence-corrected chi connectivity index (χ3v) is 4.15. The fraction of sp³-hybridized carbons (Fsp3) is 0.909. The van der Waals surface area contributed by atoms with Gasteiger partial charge in [-0.3, -0.25) is 4.79 Å². The van der Waals surface area contributed by atoms with Crippen molar-refractivity contribution < 1.29 is 4.79 Å². The highest BCUT2D eigenvalue weighted by Crippen LogP contribution is 2.24. The van der Waals surface area contributed by atoms with Crippen molar-refractivity contribution in [2.45, 2.75) is 38.9 Å². The molecule has 0 aromatic heterocycles. The fourth-order valence-corrected chi connectivity index (χ4v) is 1.71. The quantitative estimate of drug-likeness (QED) is 0.701. The lowest BCUT2D eigenvalue weighted by Crippen LogP contribution is -2.46. The second-order valence-electron chi connectivity index (χ2n) is 3.95. The number of thioether (sulfide) groups is 1. The highest BCUT2D eigenvalue weighted by Gasteiger charge is 2.32. The summed E-state index contributed by atoms with van der Waals surface area (Å²) in [4.78, 5) is 12.0. The van der Waals surface area contributed by atoms with Gasteiger partial charge in [-0.2, -0.15) is 11.8 Å². The first-order chi connectivity index (χ1) is 7.06. The first-order valence-corrected chi connectivity index (χ1v) is 6.86. The highest BCUT2D eigenvalue weighted by atomic mass is 32.2.